The van der Waals surface area contributed by atoms with Crippen LogP contribution in [0.1, 0.15) is 0 Å². The lowest BCUT2D eigenvalue weighted by atomic mass is 10.5. The van der Waals surface area contributed by atoms with E-state index >= 15 is 0 Å². The van der Waals surface area contributed by atoms with Gasteiger partial charge in [-0.3, -0.25) is 0 Å². The van der Waals surface area contributed by atoms with Gasteiger partial charge in [0.25, 0.3) is 0 Å². The van der Waals surface area contributed by atoms with Crippen LogP contribution in [0.15, 0.2) is 42.9 Å². The zero-order valence-corrected chi connectivity index (χ0v) is 8.93. The summed E-state index contributed by atoms with van der Waals surface area (Å²) in [5.41, 5.74) is 0. The molecule has 0 aromatic carbocycles. The maximum atomic E-state index is 5.55. The van der Waals surface area contributed by atoms with Crippen LogP contribution in [0.2, 0.25) is 5.02 Å². The summed E-state index contributed by atoms with van der Waals surface area (Å²) in [6, 6.07) is 7.09. The highest BCUT2D eigenvalue weighted by Crippen LogP contribution is 2.09. The van der Waals surface area contributed by atoms with Crippen molar-refractivity contribution in [2.45, 2.75) is 0 Å². The first-order valence-corrected chi connectivity index (χ1v) is 4.58. The minimum absolute atomic E-state index is 0.583. The van der Waals surface area contributed by atoms with Crippen LogP contribution < -0.4 is 4.74 Å². The van der Waals surface area contributed by atoms with Crippen molar-refractivity contribution in [1.82, 2.24) is 15.2 Å². The molecule has 0 radical (unpaired) electrons. The van der Waals surface area contributed by atoms with Crippen LogP contribution >= 0.6 is 11.6 Å². The first-order valence-electron chi connectivity index (χ1n) is 4.20. The minimum Gasteiger partial charge on any atom is -0.481 e. The Morgan fingerprint density at radius 3 is 2.13 bits per heavy atom. The number of pyridine rings is 1. The molecule has 0 bridgehead atoms. The van der Waals surface area contributed by atoms with Crippen LogP contribution in [0.3, 0.4) is 0 Å². The van der Waals surface area contributed by atoms with E-state index in [-0.39, 0.29) is 0 Å². The van der Waals surface area contributed by atoms with Crippen LogP contribution in [-0.2, 0) is 0 Å². The van der Waals surface area contributed by atoms with Crippen LogP contribution in [-0.4, -0.2) is 22.3 Å². The molecule has 0 spiro atoms. The number of hydrogen-bond acceptors (Lipinski definition) is 4. The molecule has 0 saturated carbocycles. The van der Waals surface area contributed by atoms with Crippen molar-refractivity contribution in [3.05, 3.63) is 47.9 Å². The van der Waals surface area contributed by atoms with E-state index in [4.69, 9.17) is 16.3 Å². The van der Waals surface area contributed by atoms with Gasteiger partial charge in [-0.25, -0.2) is 4.98 Å². The van der Waals surface area contributed by atoms with Crippen molar-refractivity contribution < 1.29 is 4.74 Å². The summed E-state index contributed by atoms with van der Waals surface area (Å²) in [6.45, 7) is 0. The van der Waals surface area contributed by atoms with Crippen molar-refractivity contribution >= 4 is 11.6 Å². The van der Waals surface area contributed by atoms with Gasteiger partial charge in [0, 0.05) is 24.7 Å². The fraction of sp³-hybridized carbons (Fsp3) is 0.100. The topological polar surface area (TPSA) is 47.9 Å². The second-order valence-corrected chi connectivity index (χ2v) is 2.87. The van der Waals surface area contributed by atoms with E-state index in [1.54, 1.807) is 37.8 Å². The predicted molar refractivity (Wildman–Crippen MR) is 57.8 cm³/mol. The van der Waals surface area contributed by atoms with Gasteiger partial charge in [0.15, 0.2) is 0 Å². The lowest BCUT2D eigenvalue weighted by Crippen LogP contribution is -1.84. The third-order valence-electron chi connectivity index (χ3n) is 1.39. The van der Waals surface area contributed by atoms with Gasteiger partial charge in [0.2, 0.25) is 5.88 Å². The monoisotopic (exact) mass is 223 g/mol. The fourth-order valence-electron chi connectivity index (χ4n) is 0.736. The number of rotatable bonds is 1. The molecule has 0 saturated heterocycles. The SMILES string of the molecule is COc1ccc(Cl)cn1.c1ccnnc1. The standard InChI is InChI=1S/C6H6ClNO.C4H4N2/c1-9-6-3-2-5(7)4-8-6;1-2-4-6-5-3-1/h2-4H,1H3;1-4H. The molecule has 0 aliphatic rings. The van der Waals surface area contributed by atoms with Gasteiger partial charge in [-0.15, -0.1) is 0 Å². The molecule has 15 heavy (non-hydrogen) atoms. The zero-order valence-electron chi connectivity index (χ0n) is 8.17. The second kappa shape index (κ2) is 6.73. The Morgan fingerprint density at radius 2 is 1.80 bits per heavy atom. The molecule has 0 aliphatic heterocycles. The largest absolute Gasteiger partial charge is 0.481 e. The van der Waals surface area contributed by atoms with E-state index < -0.39 is 0 Å². The maximum Gasteiger partial charge on any atom is 0.212 e. The highest BCUT2D eigenvalue weighted by Gasteiger charge is 1.88. The van der Waals surface area contributed by atoms with Crippen LogP contribution in [0.25, 0.3) is 0 Å². The first-order chi connectivity index (χ1) is 7.33. The van der Waals surface area contributed by atoms with Gasteiger partial charge in [-0.05, 0) is 18.2 Å². The van der Waals surface area contributed by atoms with E-state index in [9.17, 15) is 0 Å². The van der Waals surface area contributed by atoms with Crippen LogP contribution in [0.4, 0.5) is 0 Å². The Bertz CT molecular complexity index is 339. The second-order valence-electron chi connectivity index (χ2n) is 2.43. The zero-order chi connectivity index (χ0) is 10.9. The molecule has 2 rings (SSSR count). The molecule has 0 N–H and O–H groups in total. The van der Waals surface area contributed by atoms with Gasteiger partial charge in [0.1, 0.15) is 0 Å². The molecular formula is C10H10ClN3O. The van der Waals surface area contributed by atoms with E-state index in [1.807, 2.05) is 12.1 Å². The van der Waals surface area contributed by atoms with Crippen LogP contribution in [0.5, 0.6) is 5.88 Å². The minimum atomic E-state index is 0.583. The number of hydrogen-bond donors (Lipinski definition) is 0. The normalized spacial score (nSPS) is 8.67. The Labute approximate surface area is 92.9 Å². The van der Waals surface area contributed by atoms with Crippen molar-refractivity contribution in [1.29, 1.82) is 0 Å². The van der Waals surface area contributed by atoms with E-state index in [1.165, 1.54) is 0 Å². The van der Waals surface area contributed by atoms with Crippen molar-refractivity contribution in [3.63, 3.8) is 0 Å². The van der Waals surface area contributed by atoms with Crippen LogP contribution in [0, 0.1) is 0 Å². The molecule has 2 aromatic rings. The fourth-order valence-corrected chi connectivity index (χ4v) is 0.848. The summed E-state index contributed by atoms with van der Waals surface area (Å²) in [6.07, 6.45) is 4.82. The number of halogens is 1. The quantitative estimate of drug-likeness (QED) is 0.744. The lowest BCUT2D eigenvalue weighted by molar-refractivity contribution is 0.398. The Morgan fingerprint density at radius 1 is 1.13 bits per heavy atom. The predicted octanol–water partition coefficient (Wildman–Crippen LogP) is 2.22. The van der Waals surface area contributed by atoms with Gasteiger partial charge < -0.3 is 4.74 Å². The molecule has 4 nitrogen and oxygen atoms in total. The molecule has 0 unspecified atom stereocenters. The molecule has 0 aliphatic carbocycles. The van der Waals surface area contributed by atoms with Crippen molar-refractivity contribution in [2.75, 3.05) is 7.11 Å². The number of ether oxygens (including phenoxy) is 1. The highest BCUT2D eigenvalue weighted by molar-refractivity contribution is 6.30. The average Bonchev–Trinajstić information content (AvgIpc) is 2.33. The Hall–Kier alpha value is -1.68. The highest BCUT2D eigenvalue weighted by atomic mass is 35.5. The van der Waals surface area contributed by atoms with Gasteiger partial charge >= 0.3 is 0 Å². The summed E-state index contributed by atoms with van der Waals surface area (Å²) >= 11 is 5.55. The molecule has 5 heteroatoms. The summed E-state index contributed by atoms with van der Waals surface area (Å²) in [5, 5.41) is 7.69. The molecule has 78 valence electrons. The summed E-state index contributed by atoms with van der Waals surface area (Å²) in [5.74, 6) is 0.583. The molecule has 0 amide bonds. The molecular weight excluding hydrogens is 214 g/mol. The molecule has 2 heterocycles. The van der Waals surface area contributed by atoms with Crippen molar-refractivity contribution in [3.8, 4) is 5.88 Å². The number of aromatic nitrogens is 3. The summed E-state index contributed by atoms with van der Waals surface area (Å²) in [7, 11) is 1.57. The number of nitrogens with zero attached hydrogens (tertiary/aromatic N) is 3. The average molecular weight is 224 g/mol. The summed E-state index contributed by atoms with van der Waals surface area (Å²) < 4.78 is 4.80. The lowest BCUT2D eigenvalue weighted by Gasteiger charge is -1.94. The van der Waals surface area contributed by atoms with Gasteiger partial charge in [0.05, 0.1) is 12.1 Å². The molecule has 0 atom stereocenters. The van der Waals surface area contributed by atoms with E-state index in [0.29, 0.717) is 10.9 Å². The summed E-state index contributed by atoms with van der Waals surface area (Å²) in [4.78, 5) is 3.84. The smallest absolute Gasteiger partial charge is 0.212 e. The third-order valence-corrected chi connectivity index (χ3v) is 1.62. The van der Waals surface area contributed by atoms with E-state index in [0.717, 1.165) is 0 Å². The number of methoxy groups -OCH3 is 1. The van der Waals surface area contributed by atoms with E-state index in [2.05, 4.69) is 15.2 Å². The molecule has 0 fully saturated rings. The van der Waals surface area contributed by atoms with Gasteiger partial charge in [-0.2, -0.15) is 10.2 Å². The molecule has 2 aromatic heterocycles. The first kappa shape index (κ1) is 11.4. The maximum absolute atomic E-state index is 5.55. The van der Waals surface area contributed by atoms with Gasteiger partial charge in [-0.1, -0.05) is 11.6 Å². The Kier molecular flexibility index (Phi) is 5.11. The Balaban J connectivity index is 0.000000162. The third kappa shape index (κ3) is 4.93. The van der Waals surface area contributed by atoms with Crippen molar-refractivity contribution in [2.24, 2.45) is 0 Å².